The molecule has 0 spiro atoms. The molecule has 6 nitrogen and oxygen atoms in total. The molecule has 0 aliphatic heterocycles. The van der Waals surface area contributed by atoms with Gasteiger partial charge in [-0.15, -0.1) is 0 Å². The molecule has 7 heteroatoms. The van der Waals surface area contributed by atoms with Gasteiger partial charge < -0.3 is 14.8 Å². The standard InChI is InChI=1S/C17H17BrN2O4/c1-23-16-12(6-4-8-19-16)10-14(17(22)24-2)20-15(21)11-5-3-7-13(18)9-11/h3-9,14H,10H2,1-2H3,(H,20,21)/t14-/m1/s1. The molecule has 1 amide bonds. The Morgan fingerprint density at radius 2 is 2.04 bits per heavy atom. The SMILES string of the molecule is COC(=O)[C@@H](Cc1cccnc1OC)NC(=O)c1cccc(Br)c1. The van der Waals surface area contributed by atoms with E-state index in [0.29, 0.717) is 17.0 Å². The van der Waals surface area contributed by atoms with Crippen LogP contribution in [0.3, 0.4) is 0 Å². The number of carbonyl (C=O) groups excluding carboxylic acids is 2. The molecular formula is C17H17BrN2O4. The predicted molar refractivity (Wildman–Crippen MR) is 91.9 cm³/mol. The Hall–Kier alpha value is -2.41. The summed E-state index contributed by atoms with van der Waals surface area (Å²) in [7, 11) is 2.78. The molecule has 0 saturated carbocycles. The second kappa shape index (κ2) is 8.44. The summed E-state index contributed by atoms with van der Waals surface area (Å²) in [6.07, 6.45) is 1.80. The number of esters is 1. The van der Waals surface area contributed by atoms with E-state index in [1.165, 1.54) is 14.2 Å². The first-order chi connectivity index (χ1) is 11.5. The highest BCUT2D eigenvalue weighted by molar-refractivity contribution is 9.10. The van der Waals surface area contributed by atoms with Crippen molar-refractivity contribution in [2.45, 2.75) is 12.5 Å². The zero-order valence-corrected chi connectivity index (χ0v) is 14.9. The van der Waals surface area contributed by atoms with E-state index >= 15 is 0 Å². The molecule has 126 valence electrons. The maximum Gasteiger partial charge on any atom is 0.328 e. The van der Waals surface area contributed by atoms with Crippen LogP contribution >= 0.6 is 15.9 Å². The molecule has 24 heavy (non-hydrogen) atoms. The summed E-state index contributed by atoms with van der Waals surface area (Å²) in [5.41, 5.74) is 1.14. The van der Waals surface area contributed by atoms with Crippen LogP contribution in [0.5, 0.6) is 5.88 Å². The second-order valence-corrected chi connectivity index (χ2v) is 5.85. The van der Waals surface area contributed by atoms with Crippen molar-refractivity contribution in [1.29, 1.82) is 0 Å². The number of hydrogen-bond acceptors (Lipinski definition) is 5. The summed E-state index contributed by atoms with van der Waals surface area (Å²) in [6, 6.07) is 9.58. The highest BCUT2D eigenvalue weighted by Crippen LogP contribution is 2.17. The van der Waals surface area contributed by atoms with Gasteiger partial charge in [0.15, 0.2) is 0 Å². The van der Waals surface area contributed by atoms with Crippen LogP contribution in [0.1, 0.15) is 15.9 Å². The minimum atomic E-state index is -0.848. The number of nitrogens with one attached hydrogen (secondary N) is 1. The number of ether oxygens (including phenoxy) is 2. The summed E-state index contributed by atoms with van der Waals surface area (Å²) in [6.45, 7) is 0. The van der Waals surface area contributed by atoms with Crippen molar-refractivity contribution in [3.8, 4) is 5.88 Å². The maximum atomic E-state index is 12.4. The lowest BCUT2D eigenvalue weighted by Gasteiger charge is -2.17. The Balaban J connectivity index is 2.20. The molecule has 0 aliphatic carbocycles. The first-order valence-corrected chi connectivity index (χ1v) is 7.96. The fourth-order valence-corrected chi connectivity index (χ4v) is 2.59. The molecule has 1 aromatic carbocycles. The zero-order chi connectivity index (χ0) is 17.5. The highest BCUT2D eigenvalue weighted by Gasteiger charge is 2.24. The number of methoxy groups -OCH3 is 2. The number of carbonyl (C=O) groups is 2. The van der Waals surface area contributed by atoms with Crippen LogP contribution in [0.2, 0.25) is 0 Å². The third-order valence-corrected chi connectivity index (χ3v) is 3.84. The summed E-state index contributed by atoms with van der Waals surface area (Å²) >= 11 is 3.32. The van der Waals surface area contributed by atoms with E-state index in [2.05, 4.69) is 26.2 Å². The van der Waals surface area contributed by atoms with Crippen molar-refractivity contribution >= 4 is 27.8 Å². The fourth-order valence-electron chi connectivity index (χ4n) is 2.19. The summed E-state index contributed by atoms with van der Waals surface area (Å²) < 4.78 is 10.8. The maximum absolute atomic E-state index is 12.4. The molecule has 1 atom stereocenters. The minimum absolute atomic E-state index is 0.212. The second-order valence-electron chi connectivity index (χ2n) is 4.94. The van der Waals surface area contributed by atoms with Crippen molar-refractivity contribution in [1.82, 2.24) is 10.3 Å². The lowest BCUT2D eigenvalue weighted by Crippen LogP contribution is -2.43. The van der Waals surface area contributed by atoms with E-state index in [-0.39, 0.29) is 12.3 Å². The minimum Gasteiger partial charge on any atom is -0.481 e. The molecule has 1 aromatic heterocycles. The van der Waals surface area contributed by atoms with Gasteiger partial charge in [-0.3, -0.25) is 4.79 Å². The Labute approximate surface area is 148 Å². The third kappa shape index (κ3) is 4.55. The lowest BCUT2D eigenvalue weighted by molar-refractivity contribution is -0.142. The monoisotopic (exact) mass is 392 g/mol. The zero-order valence-electron chi connectivity index (χ0n) is 13.3. The van der Waals surface area contributed by atoms with Crippen LogP contribution in [0.15, 0.2) is 47.1 Å². The number of pyridine rings is 1. The average Bonchev–Trinajstić information content (AvgIpc) is 2.60. The summed E-state index contributed by atoms with van der Waals surface area (Å²) in [5.74, 6) is -0.498. The van der Waals surface area contributed by atoms with E-state index < -0.39 is 12.0 Å². The van der Waals surface area contributed by atoms with Gasteiger partial charge in [0, 0.05) is 28.2 Å². The molecule has 0 aliphatic rings. The van der Waals surface area contributed by atoms with Crippen LogP contribution in [0.25, 0.3) is 0 Å². The van der Waals surface area contributed by atoms with Gasteiger partial charge in [0.25, 0.3) is 5.91 Å². The molecule has 0 saturated heterocycles. The van der Waals surface area contributed by atoms with Gasteiger partial charge >= 0.3 is 5.97 Å². The van der Waals surface area contributed by atoms with Crippen LogP contribution < -0.4 is 10.1 Å². The van der Waals surface area contributed by atoms with E-state index in [0.717, 1.165) is 4.47 Å². The lowest BCUT2D eigenvalue weighted by atomic mass is 10.1. The Morgan fingerprint density at radius 3 is 2.71 bits per heavy atom. The summed E-state index contributed by atoms with van der Waals surface area (Å²) in [4.78, 5) is 28.5. The van der Waals surface area contributed by atoms with Gasteiger partial charge in [-0.05, 0) is 24.3 Å². The number of hydrogen-bond donors (Lipinski definition) is 1. The number of rotatable bonds is 6. The van der Waals surface area contributed by atoms with E-state index in [9.17, 15) is 9.59 Å². The smallest absolute Gasteiger partial charge is 0.328 e. The molecule has 2 rings (SSSR count). The van der Waals surface area contributed by atoms with Crippen molar-refractivity contribution in [2.75, 3.05) is 14.2 Å². The van der Waals surface area contributed by atoms with Gasteiger partial charge in [0.05, 0.1) is 14.2 Å². The molecule has 0 bridgehead atoms. The number of halogens is 1. The third-order valence-electron chi connectivity index (χ3n) is 3.35. The van der Waals surface area contributed by atoms with Crippen molar-refractivity contribution in [3.63, 3.8) is 0 Å². The van der Waals surface area contributed by atoms with Crippen molar-refractivity contribution < 1.29 is 19.1 Å². The number of nitrogens with zero attached hydrogens (tertiary/aromatic N) is 1. The van der Waals surface area contributed by atoms with Crippen LogP contribution in [-0.2, 0) is 16.0 Å². The van der Waals surface area contributed by atoms with Gasteiger partial charge in [-0.2, -0.15) is 0 Å². The Kier molecular flexibility index (Phi) is 6.31. The van der Waals surface area contributed by atoms with Crippen LogP contribution in [0.4, 0.5) is 0 Å². The Morgan fingerprint density at radius 1 is 1.25 bits per heavy atom. The number of benzene rings is 1. The normalized spacial score (nSPS) is 11.5. The number of aromatic nitrogens is 1. The quantitative estimate of drug-likeness (QED) is 0.763. The summed E-state index contributed by atoms with van der Waals surface area (Å²) in [5, 5.41) is 2.69. The van der Waals surface area contributed by atoms with Crippen molar-refractivity contribution in [2.24, 2.45) is 0 Å². The Bertz CT molecular complexity index is 736. The van der Waals surface area contributed by atoms with E-state index in [1.807, 2.05) is 6.07 Å². The highest BCUT2D eigenvalue weighted by atomic mass is 79.9. The van der Waals surface area contributed by atoms with Gasteiger partial charge in [-0.1, -0.05) is 28.1 Å². The molecule has 1 N–H and O–H groups in total. The predicted octanol–water partition coefficient (Wildman–Crippen LogP) is 2.37. The van der Waals surface area contributed by atoms with Gasteiger partial charge in [-0.25, -0.2) is 9.78 Å². The van der Waals surface area contributed by atoms with E-state index in [4.69, 9.17) is 9.47 Å². The van der Waals surface area contributed by atoms with E-state index in [1.54, 1.807) is 36.5 Å². The molecule has 2 aromatic rings. The number of amides is 1. The van der Waals surface area contributed by atoms with Crippen molar-refractivity contribution in [3.05, 3.63) is 58.2 Å². The molecule has 0 unspecified atom stereocenters. The molecule has 0 radical (unpaired) electrons. The topological polar surface area (TPSA) is 77.5 Å². The first kappa shape index (κ1) is 17.9. The largest absolute Gasteiger partial charge is 0.481 e. The first-order valence-electron chi connectivity index (χ1n) is 7.17. The molecule has 0 fully saturated rings. The van der Waals surface area contributed by atoms with Crippen LogP contribution in [0, 0.1) is 0 Å². The average molecular weight is 393 g/mol. The fraction of sp³-hybridized carbons (Fsp3) is 0.235. The van der Waals surface area contributed by atoms with Crippen LogP contribution in [-0.4, -0.2) is 37.1 Å². The molecule has 1 heterocycles. The molecular weight excluding hydrogens is 376 g/mol. The van der Waals surface area contributed by atoms with Gasteiger partial charge in [0.1, 0.15) is 6.04 Å². The van der Waals surface area contributed by atoms with Gasteiger partial charge in [0.2, 0.25) is 5.88 Å².